The third kappa shape index (κ3) is 2.41. The highest BCUT2D eigenvalue weighted by Gasteiger charge is 2.09. The first-order chi connectivity index (χ1) is 11.1. The van der Waals surface area contributed by atoms with Crippen molar-refractivity contribution in [2.24, 2.45) is 0 Å². The standard InChI is InChI=1S/C19H15NO2S/c1-11-12(2)23-19-10-14(4-5-15(11)19)22-18-7-8-20-17-6-3-13(21)9-16(17)18/h3-10,21H,1-2H3. The van der Waals surface area contributed by atoms with E-state index in [4.69, 9.17) is 4.74 Å². The quantitative estimate of drug-likeness (QED) is 0.525. The Morgan fingerprint density at radius 3 is 2.74 bits per heavy atom. The number of pyridine rings is 1. The fourth-order valence-electron chi connectivity index (χ4n) is 2.72. The Bertz CT molecular complexity index is 1040. The molecule has 1 N–H and O–H groups in total. The van der Waals surface area contributed by atoms with Gasteiger partial charge in [-0.25, -0.2) is 0 Å². The molecule has 2 aromatic carbocycles. The van der Waals surface area contributed by atoms with Crippen LogP contribution in [0.2, 0.25) is 0 Å². The maximum Gasteiger partial charge on any atom is 0.138 e. The highest BCUT2D eigenvalue weighted by molar-refractivity contribution is 7.19. The highest BCUT2D eigenvalue weighted by atomic mass is 32.1. The van der Waals surface area contributed by atoms with E-state index in [9.17, 15) is 5.11 Å². The lowest BCUT2D eigenvalue weighted by Crippen LogP contribution is -1.87. The molecular formula is C19H15NO2S. The lowest BCUT2D eigenvalue weighted by atomic mass is 10.1. The topological polar surface area (TPSA) is 42.4 Å². The zero-order chi connectivity index (χ0) is 16.0. The van der Waals surface area contributed by atoms with Crippen molar-refractivity contribution < 1.29 is 9.84 Å². The van der Waals surface area contributed by atoms with E-state index in [2.05, 4.69) is 31.0 Å². The van der Waals surface area contributed by atoms with Crippen LogP contribution in [0.5, 0.6) is 17.2 Å². The zero-order valence-corrected chi connectivity index (χ0v) is 13.6. The number of phenolic OH excluding ortho intramolecular Hbond substituents is 1. The number of thiophene rings is 1. The number of aromatic hydroxyl groups is 1. The summed E-state index contributed by atoms with van der Waals surface area (Å²) in [5, 5.41) is 11.8. The van der Waals surface area contributed by atoms with Gasteiger partial charge in [0.05, 0.1) is 5.52 Å². The summed E-state index contributed by atoms with van der Waals surface area (Å²) in [5.41, 5.74) is 2.13. The third-order valence-corrected chi connectivity index (χ3v) is 5.23. The Morgan fingerprint density at radius 2 is 1.87 bits per heavy atom. The van der Waals surface area contributed by atoms with E-state index in [0.717, 1.165) is 16.7 Å². The van der Waals surface area contributed by atoms with Crippen molar-refractivity contribution >= 4 is 32.3 Å². The number of hydrogen-bond acceptors (Lipinski definition) is 4. The summed E-state index contributed by atoms with van der Waals surface area (Å²) in [6, 6.07) is 13.1. The Kier molecular flexibility index (Phi) is 3.20. The fraction of sp³-hybridized carbons (Fsp3) is 0.105. The molecule has 4 aromatic rings. The number of fused-ring (bicyclic) bond motifs is 2. The molecule has 23 heavy (non-hydrogen) atoms. The van der Waals surface area contributed by atoms with Crippen LogP contribution in [0, 0.1) is 13.8 Å². The molecule has 0 bridgehead atoms. The molecule has 4 heteroatoms. The number of nitrogens with zero attached hydrogens (tertiary/aromatic N) is 1. The molecule has 2 heterocycles. The summed E-state index contributed by atoms with van der Waals surface area (Å²) >= 11 is 1.78. The first-order valence-electron chi connectivity index (χ1n) is 7.37. The van der Waals surface area contributed by atoms with Gasteiger partial charge < -0.3 is 9.84 Å². The number of benzene rings is 2. The molecule has 0 aliphatic carbocycles. The number of aromatic nitrogens is 1. The zero-order valence-electron chi connectivity index (χ0n) is 12.8. The van der Waals surface area contributed by atoms with Gasteiger partial charge in [-0.2, -0.15) is 0 Å². The summed E-state index contributed by atoms with van der Waals surface area (Å²) in [6.07, 6.45) is 1.71. The van der Waals surface area contributed by atoms with E-state index in [1.165, 1.54) is 20.5 Å². The second kappa shape index (κ2) is 5.25. The molecule has 0 saturated heterocycles. The molecular weight excluding hydrogens is 306 g/mol. The van der Waals surface area contributed by atoms with Crippen molar-refractivity contribution in [2.45, 2.75) is 13.8 Å². The molecule has 3 nitrogen and oxygen atoms in total. The van der Waals surface area contributed by atoms with Crippen molar-refractivity contribution in [3.05, 3.63) is 59.1 Å². The van der Waals surface area contributed by atoms with Gasteiger partial charge in [0.25, 0.3) is 0 Å². The predicted molar refractivity (Wildman–Crippen MR) is 94.8 cm³/mol. The summed E-state index contributed by atoms with van der Waals surface area (Å²) in [7, 11) is 0. The van der Waals surface area contributed by atoms with Crippen LogP contribution < -0.4 is 4.74 Å². The minimum Gasteiger partial charge on any atom is -0.508 e. The summed E-state index contributed by atoms with van der Waals surface area (Å²) in [5.74, 6) is 1.68. The van der Waals surface area contributed by atoms with Gasteiger partial charge in [0, 0.05) is 21.2 Å². The number of hydrogen-bond donors (Lipinski definition) is 1. The molecule has 0 radical (unpaired) electrons. The Morgan fingerprint density at radius 1 is 1.00 bits per heavy atom. The van der Waals surface area contributed by atoms with E-state index < -0.39 is 0 Å². The highest BCUT2D eigenvalue weighted by Crippen LogP contribution is 2.36. The molecule has 0 fully saturated rings. The predicted octanol–water partition coefficient (Wildman–Crippen LogP) is 5.56. The van der Waals surface area contributed by atoms with E-state index in [0.29, 0.717) is 5.75 Å². The number of rotatable bonds is 2. The van der Waals surface area contributed by atoms with Crippen molar-refractivity contribution in [1.29, 1.82) is 0 Å². The average molecular weight is 321 g/mol. The van der Waals surface area contributed by atoms with E-state index in [-0.39, 0.29) is 5.75 Å². The van der Waals surface area contributed by atoms with Crippen molar-refractivity contribution in [3.63, 3.8) is 0 Å². The smallest absolute Gasteiger partial charge is 0.138 e. The average Bonchev–Trinajstić information content (AvgIpc) is 2.82. The van der Waals surface area contributed by atoms with Gasteiger partial charge in [-0.15, -0.1) is 11.3 Å². The van der Waals surface area contributed by atoms with Crippen LogP contribution in [-0.4, -0.2) is 10.1 Å². The summed E-state index contributed by atoms with van der Waals surface area (Å²) in [6.45, 7) is 4.29. The minimum absolute atomic E-state index is 0.204. The number of phenols is 1. The Labute approximate surface area is 137 Å². The molecule has 0 saturated carbocycles. The first kappa shape index (κ1) is 14.0. The van der Waals surface area contributed by atoms with Crippen LogP contribution in [0.25, 0.3) is 21.0 Å². The molecule has 2 aromatic heterocycles. The summed E-state index contributed by atoms with van der Waals surface area (Å²) in [4.78, 5) is 5.63. The lowest BCUT2D eigenvalue weighted by molar-refractivity contribution is 0.473. The van der Waals surface area contributed by atoms with Gasteiger partial charge >= 0.3 is 0 Å². The fourth-order valence-corrected chi connectivity index (χ4v) is 3.82. The van der Waals surface area contributed by atoms with Gasteiger partial charge in [-0.1, -0.05) is 0 Å². The van der Waals surface area contributed by atoms with Crippen molar-refractivity contribution in [3.8, 4) is 17.2 Å². The maximum atomic E-state index is 9.71. The van der Waals surface area contributed by atoms with Crippen LogP contribution in [0.1, 0.15) is 10.4 Å². The van der Waals surface area contributed by atoms with Crippen LogP contribution in [-0.2, 0) is 0 Å². The largest absolute Gasteiger partial charge is 0.508 e. The summed E-state index contributed by atoms with van der Waals surface area (Å²) < 4.78 is 7.28. The van der Waals surface area contributed by atoms with Crippen LogP contribution in [0.4, 0.5) is 0 Å². The van der Waals surface area contributed by atoms with E-state index in [1.54, 1.807) is 35.7 Å². The molecule has 0 amide bonds. The van der Waals surface area contributed by atoms with Crippen molar-refractivity contribution in [1.82, 2.24) is 4.98 Å². The number of ether oxygens (including phenoxy) is 1. The van der Waals surface area contributed by atoms with Gasteiger partial charge in [-0.05, 0) is 67.3 Å². The second-order valence-electron chi connectivity index (χ2n) is 5.55. The molecule has 4 rings (SSSR count). The molecule has 0 spiro atoms. The third-order valence-electron chi connectivity index (χ3n) is 4.06. The van der Waals surface area contributed by atoms with Gasteiger partial charge in [0.1, 0.15) is 17.2 Å². The van der Waals surface area contributed by atoms with Gasteiger partial charge in [-0.3, -0.25) is 4.98 Å². The minimum atomic E-state index is 0.204. The van der Waals surface area contributed by atoms with Gasteiger partial charge in [0.2, 0.25) is 0 Å². The second-order valence-corrected chi connectivity index (χ2v) is 6.81. The normalized spacial score (nSPS) is 11.2. The Hall–Kier alpha value is -2.59. The van der Waals surface area contributed by atoms with E-state index in [1.807, 2.05) is 12.1 Å². The lowest BCUT2D eigenvalue weighted by Gasteiger charge is -2.09. The van der Waals surface area contributed by atoms with Gasteiger partial charge in [0.15, 0.2) is 0 Å². The maximum absolute atomic E-state index is 9.71. The van der Waals surface area contributed by atoms with Crippen LogP contribution in [0.3, 0.4) is 0 Å². The van der Waals surface area contributed by atoms with Crippen LogP contribution >= 0.6 is 11.3 Å². The molecule has 0 aliphatic heterocycles. The van der Waals surface area contributed by atoms with Crippen LogP contribution in [0.15, 0.2) is 48.7 Å². The Balaban J connectivity index is 1.80. The molecule has 114 valence electrons. The molecule has 0 unspecified atom stereocenters. The van der Waals surface area contributed by atoms with E-state index >= 15 is 0 Å². The van der Waals surface area contributed by atoms with Crippen molar-refractivity contribution in [2.75, 3.05) is 0 Å². The monoisotopic (exact) mass is 321 g/mol. The first-order valence-corrected chi connectivity index (χ1v) is 8.19. The SMILES string of the molecule is Cc1sc2cc(Oc3ccnc4ccc(O)cc34)ccc2c1C. The molecule has 0 atom stereocenters. The number of aryl methyl sites for hydroxylation is 2. The molecule has 0 aliphatic rings.